The van der Waals surface area contributed by atoms with Crippen LogP contribution in [0.25, 0.3) is 6.08 Å². The third-order valence-electron chi connectivity index (χ3n) is 2.40. The molecule has 3 heteroatoms. The van der Waals surface area contributed by atoms with Crippen LogP contribution in [-0.2, 0) is 9.53 Å². The normalized spacial score (nSPS) is 10.9. The molecular formula is C15H21NO2. The summed E-state index contributed by atoms with van der Waals surface area (Å²) in [5, 5.41) is 3.24. The van der Waals surface area contributed by atoms with Gasteiger partial charge in [0.15, 0.2) is 0 Å². The van der Waals surface area contributed by atoms with Crippen molar-refractivity contribution in [2.24, 2.45) is 5.92 Å². The summed E-state index contributed by atoms with van der Waals surface area (Å²) in [6.07, 6.45) is 3.80. The fraction of sp³-hybridized carbons (Fsp3) is 0.400. The summed E-state index contributed by atoms with van der Waals surface area (Å²) in [5.74, 6) is -0.236. The molecular weight excluding hydrogens is 226 g/mol. The van der Waals surface area contributed by atoms with E-state index in [4.69, 9.17) is 4.74 Å². The van der Waals surface area contributed by atoms with Crippen molar-refractivity contribution in [3.05, 3.63) is 35.9 Å². The van der Waals surface area contributed by atoms with E-state index in [9.17, 15) is 4.79 Å². The highest BCUT2D eigenvalue weighted by atomic mass is 16.5. The number of benzene rings is 1. The molecule has 0 heterocycles. The number of nitrogens with one attached hydrogen (secondary N) is 1. The SMILES string of the molecule is CCNc1ccc(/C=C/COC(=O)C(C)C)cc1. The van der Waals surface area contributed by atoms with Crippen molar-refractivity contribution in [3.63, 3.8) is 0 Å². The molecule has 1 rings (SSSR count). The number of ether oxygens (including phenoxy) is 1. The monoisotopic (exact) mass is 247 g/mol. The van der Waals surface area contributed by atoms with E-state index < -0.39 is 0 Å². The Bertz CT molecular complexity index is 393. The van der Waals surface area contributed by atoms with Crippen molar-refractivity contribution in [2.75, 3.05) is 18.5 Å². The predicted octanol–water partition coefficient (Wildman–Crippen LogP) is 3.33. The minimum absolute atomic E-state index is 0.0715. The summed E-state index contributed by atoms with van der Waals surface area (Å²) in [6, 6.07) is 8.12. The van der Waals surface area contributed by atoms with Crippen molar-refractivity contribution >= 4 is 17.7 Å². The summed E-state index contributed by atoms with van der Waals surface area (Å²) < 4.78 is 5.05. The maximum Gasteiger partial charge on any atom is 0.308 e. The molecule has 0 saturated carbocycles. The Morgan fingerprint density at radius 1 is 1.33 bits per heavy atom. The fourth-order valence-electron chi connectivity index (χ4n) is 1.40. The van der Waals surface area contributed by atoms with Gasteiger partial charge in [-0.2, -0.15) is 0 Å². The van der Waals surface area contributed by atoms with Crippen LogP contribution in [0, 0.1) is 5.92 Å². The maximum absolute atomic E-state index is 11.2. The van der Waals surface area contributed by atoms with E-state index >= 15 is 0 Å². The first-order valence-electron chi connectivity index (χ1n) is 6.30. The second kappa shape index (κ2) is 7.54. The molecule has 0 aliphatic rings. The van der Waals surface area contributed by atoms with Gasteiger partial charge in [0, 0.05) is 12.2 Å². The topological polar surface area (TPSA) is 38.3 Å². The van der Waals surface area contributed by atoms with Gasteiger partial charge in [-0.1, -0.05) is 32.1 Å². The maximum atomic E-state index is 11.2. The van der Waals surface area contributed by atoms with Crippen LogP contribution in [0.5, 0.6) is 0 Å². The average Bonchev–Trinajstić information content (AvgIpc) is 2.36. The molecule has 0 aliphatic carbocycles. The van der Waals surface area contributed by atoms with E-state index in [2.05, 4.69) is 12.2 Å². The number of anilines is 1. The molecule has 0 saturated heterocycles. The molecule has 0 amide bonds. The van der Waals surface area contributed by atoms with E-state index in [1.165, 1.54) is 0 Å². The first-order chi connectivity index (χ1) is 8.63. The van der Waals surface area contributed by atoms with E-state index in [-0.39, 0.29) is 11.9 Å². The Morgan fingerprint density at radius 3 is 2.56 bits per heavy atom. The van der Waals surface area contributed by atoms with Gasteiger partial charge >= 0.3 is 5.97 Å². The van der Waals surface area contributed by atoms with E-state index in [0.29, 0.717) is 6.61 Å². The van der Waals surface area contributed by atoms with Crippen LogP contribution in [-0.4, -0.2) is 19.1 Å². The van der Waals surface area contributed by atoms with Crippen LogP contribution in [0.4, 0.5) is 5.69 Å². The van der Waals surface area contributed by atoms with E-state index in [1.807, 2.05) is 50.3 Å². The molecule has 1 aromatic carbocycles. The van der Waals surface area contributed by atoms with Gasteiger partial charge in [0.25, 0.3) is 0 Å². The number of rotatable bonds is 6. The van der Waals surface area contributed by atoms with Gasteiger partial charge in [0.1, 0.15) is 6.61 Å². The zero-order valence-electron chi connectivity index (χ0n) is 11.3. The number of esters is 1. The van der Waals surface area contributed by atoms with Gasteiger partial charge in [-0.15, -0.1) is 0 Å². The highest BCUT2D eigenvalue weighted by Gasteiger charge is 2.05. The molecule has 18 heavy (non-hydrogen) atoms. The average molecular weight is 247 g/mol. The second-order valence-electron chi connectivity index (χ2n) is 4.34. The Kier molecular flexibility index (Phi) is 5.98. The molecule has 0 bridgehead atoms. The van der Waals surface area contributed by atoms with Crippen LogP contribution >= 0.6 is 0 Å². The second-order valence-corrected chi connectivity index (χ2v) is 4.34. The Labute approximate surface area is 109 Å². The van der Waals surface area contributed by atoms with Gasteiger partial charge in [0.05, 0.1) is 5.92 Å². The van der Waals surface area contributed by atoms with Crippen molar-refractivity contribution in [1.29, 1.82) is 0 Å². The standard InChI is InChI=1S/C15H21NO2/c1-4-16-14-9-7-13(8-10-14)6-5-11-18-15(17)12(2)3/h5-10,12,16H,4,11H2,1-3H3/b6-5+. The third-order valence-corrected chi connectivity index (χ3v) is 2.40. The number of carbonyl (C=O) groups excluding carboxylic acids is 1. The van der Waals surface area contributed by atoms with Gasteiger partial charge in [-0.3, -0.25) is 4.79 Å². The summed E-state index contributed by atoms with van der Waals surface area (Å²) in [4.78, 5) is 11.2. The zero-order chi connectivity index (χ0) is 13.4. The quantitative estimate of drug-likeness (QED) is 0.784. The highest BCUT2D eigenvalue weighted by Crippen LogP contribution is 2.10. The lowest BCUT2D eigenvalue weighted by Crippen LogP contribution is -2.11. The number of hydrogen-bond acceptors (Lipinski definition) is 3. The molecule has 0 aliphatic heterocycles. The van der Waals surface area contributed by atoms with Crippen molar-refractivity contribution in [1.82, 2.24) is 0 Å². The van der Waals surface area contributed by atoms with E-state index in [1.54, 1.807) is 0 Å². The smallest absolute Gasteiger partial charge is 0.308 e. The molecule has 0 fully saturated rings. The highest BCUT2D eigenvalue weighted by molar-refractivity contribution is 5.71. The van der Waals surface area contributed by atoms with Crippen molar-refractivity contribution in [3.8, 4) is 0 Å². The molecule has 0 unspecified atom stereocenters. The lowest BCUT2D eigenvalue weighted by atomic mass is 10.2. The first-order valence-corrected chi connectivity index (χ1v) is 6.30. The molecule has 0 spiro atoms. The number of hydrogen-bond donors (Lipinski definition) is 1. The zero-order valence-corrected chi connectivity index (χ0v) is 11.3. The minimum Gasteiger partial charge on any atom is -0.461 e. The van der Waals surface area contributed by atoms with Crippen molar-refractivity contribution in [2.45, 2.75) is 20.8 Å². The van der Waals surface area contributed by atoms with Gasteiger partial charge < -0.3 is 10.1 Å². The van der Waals surface area contributed by atoms with Gasteiger partial charge in [-0.05, 0) is 30.7 Å². The summed E-state index contributed by atoms with van der Waals surface area (Å²) >= 11 is 0. The Hall–Kier alpha value is -1.77. The van der Waals surface area contributed by atoms with Crippen LogP contribution in [0.3, 0.4) is 0 Å². The summed E-state index contributed by atoms with van der Waals surface area (Å²) in [7, 11) is 0. The molecule has 0 atom stereocenters. The molecule has 3 nitrogen and oxygen atoms in total. The lowest BCUT2D eigenvalue weighted by Gasteiger charge is -2.04. The van der Waals surface area contributed by atoms with Gasteiger partial charge in [0.2, 0.25) is 0 Å². The predicted molar refractivity (Wildman–Crippen MR) is 75.4 cm³/mol. The van der Waals surface area contributed by atoms with Crippen LogP contribution in [0.15, 0.2) is 30.3 Å². The molecule has 0 radical (unpaired) electrons. The third kappa shape index (κ3) is 5.04. The molecule has 1 N–H and O–H groups in total. The number of carbonyl (C=O) groups is 1. The molecule has 1 aromatic rings. The van der Waals surface area contributed by atoms with Gasteiger partial charge in [-0.25, -0.2) is 0 Å². The first kappa shape index (κ1) is 14.3. The van der Waals surface area contributed by atoms with Crippen LogP contribution in [0.1, 0.15) is 26.3 Å². The summed E-state index contributed by atoms with van der Waals surface area (Å²) in [5.41, 5.74) is 2.21. The lowest BCUT2D eigenvalue weighted by molar-refractivity contribution is -0.145. The fourth-order valence-corrected chi connectivity index (χ4v) is 1.40. The Balaban J connectivity index is 2.40. The van der Waals surface area contributed by atoms with E-state index in [0.717, 1.165) is 17.8 Å². The summed E-state index contributed by atoms with van der Waals surface area (Å²) in [6.45, 7) is 6.96. The largest absolute Gasteiger partial charge is 0.461 e. The molecule has 0 aromatic heterocycles. The Morgan fingerprint density at radius 2 is 2.00 bits per heavy atom. The van der Waals surface area contributed by atoms with Crippen LogP contribution < -0.4 is 5.32 Å². The molecule has 98 valence electrons. The van der Waals surface area contributed by atoms with Crippen LogP contribution in [0.2, 0.25) is 0 Å². The van der Waals surface area contributed by atoms with Crippen molar-refractivity contribution < 1.29 is 9.53 Å². The minimum atomic E-state index is -0.165.